The number of aromatic nitrogens is 2. The van der Waals surface area contributed by atoms with Gasteiger partial charge in [0, 0.05) is 44.0 Å². The summed E-state index contributed by atoms with van der Waals surface area (Å²) in [5, 5.41) is 3.04. The molecule has 1 unspecified atom stereocenters. The van der Waals surface area contributed by atoms with Gasteiger partial charge in [-0.2, -0.15) is 18.3 Å². The van der Waals surface area contributed by atoms with E-state index in [1.165, 1.54) is 0 Å². The molecule has 1 aliphatic heterocycles. The molecular weight excluding hydrogens is 503 g/mol. The first-order valence-corrected chi connectivity index (χ1v) is 10.6. The van der Waals surface area contributed by atoms with E-state index in [0.29, 0.717) is 31.7 Å². The van der Waals surface area contributed by atoms with Gasteiger partial charge in [0.25, 0.3) is 0 Å². The highest BCUT2D eigenvalue weighted by Gasteiger charge is 2.41. The molecule has 7 nitrogen and oxygen atoms in total. The second kappa shape index (κ2) is 9.35. The van der Waals surface area contributed by atoms with E-state index in [-0.39, 0.29) is 18.3 Å². The lowest BCUT2D eigenvalue weighted by atomic mass is 10.1. The van der Waals surface area contributed by atoms with Crippen molar-refractivity contribution in [2.75, 3.05) is 31.6 Å². The Labute approximate surface area is 191 Å². The Kier molecular flexibility index (Phi) is 7.19. The summed E-state index contributed by atoms with van der Waals surface area (Å²) in [6.07, 6.45) is -5.23. The van der Waals surface area contributed by atoms with Crippen molar-refractivity contribution in [2.24, 2.45) is 5.73 Å². The molecule has 2 N–H and O–H groups in total. The van der Waals surface area contributed by atoms with Crippen LogP contribution in [0.1, 0.15) is 24.5 Å². The fourth-order valence-corrected chi connectivity index (χ4v) is 4.47. The summed E-state index contributed by atoms with van der Waals surface area (Å²) in [5.74, 6) is 0.691. The molecule has 1 aromatic carbocycles. The second-order valence-corrected chi connectivity index (χ2v) is 8.39. The number of nitrogens with two attached hydrogens (primary N) is 1. The number of alkyl halides is 3. The Balaban J connectivity index is 1.86. The molecule has 0 radical (unpaired) electrons. The first-order chi connectivity index (χ1) is 14.6. The molecule has 2 atom stereocenters. The molecule has 1 aromatic heterocycles. The van der Waals surface area contributed by atoms with Gasteiger partial charge in [0.2, 0.25) is 0 Å². The van der Waals surface area contributed by atoms with Crippen molar-refractivity contribution in [2.45, 2.75) is 31.9 Å². The molecule has 0 saturated carbocycles. The molecule has 0 aliphatic carbocycles. The number of aldehydes is 1. The van der Waals surface area contributed by atoms with Crippen molar-refractivity contribution in [3.8, 4) is 5.75 Å². The molecule has 2 heterocycles. The third kappa shape index (κ3) is 4.69. The molecular formula is C19H22BrClF3N5O2. The van der Waals surface area contributed by atoms with Gasteiger partial charge in [-0.3, -0.25) is 9.69 Å². The van der Waals surface area contributed by atoms with Crippen LogP contribution in [0.3, 0.4) is 0 Å². The van der Waals surface area contributed by atoms with E-state index in [0.717, 1.165) is 14.8 Å². The van der Waals surface area contributed by atoms with Gasteiger partial charge >= 0.3 is 6.18 Å². The molecule has 0 spiro atoms. The summed E-state index contributed by atoms with van der Waals surface area (Å²) < 4.78 is 47.0. The molecule has 2 aromatic rings. The first-order valence-electron chi connectivity index (χ1n) is 9.46. The summed E-state index contributed by atoms with van der Waals surface area (Å²) in [5.41, 5.74) is 5.30. The number of hydrogen-bond donors (Lipinski definition) is 1. The third-order valence-electron chi connectivity index (χ3n) is 5.30. The maximum Gasteiger partial charge on any atom is 0.436 e. The number of ether oxygens (including phenoxy) is 1. The lowest BCUT2D eigenvalue weighted by molar-refractivity contribution is -0.142. The SMILES string of the molecule is COc1cc(N2CCN(C(C=O)n3nc(C(F)(F)F)c(Cl)c3CN)[C@@H](C)C2)ccc1Br. The van der Waals surface area contributed by atoms with Crippen molar-refractivity contribution in [1.29, 1.82) is 0 Å². The predicted molar refractivity (Wildman–Crippen MR) is 114 cm³/mol. The number of rotatable bonds is 6. The Bertz CT molecular complexity index is 955. The quantitative estimate of drug-likeness (QED) is 0.581. The van der Waals surface area contributed by atoms with Gasteiger partial charge in [-0.15, -0.1) is 0 Å². The van der Waals surface area contributed by atoms with Crippen LogP contribution >= 0.6 is 27.5 Å². The van der Waals surface area contributed by atoms with Crippen LogP contribution in [0.25, 0.3) is 0 Å². The molecule has 1 aliphatic rings. The average molecular weight is 525 g/mol. The molecule has 12 heteroatoms. The van der Waals surface area contributed by atoms with Crippen LogP contribution in [-0.2, 0) is 17.5 Å². The molecule has 31 heavy (non-hydrogen) atoms. The van der Waals surface area contributed by atoms with Crippen LogP contribution in [0.2, 0.25) is 5.02 Å². The predicted octanol–water partition coefficient (Wildman–Crippen LogP) is 3.69. The van der Waals surface area contributed by atoms with Crippen molar-refractivity contribution >= 4 is 39.5 Å². The molecule has 1 fully saturated rings. The maximum absolute atomic E-state index is 13.3. The van der Waals surface area contributed by atoms with E-state index in [1.807, 2.05) is 25.1 Å². The third-order valence-corrected chi connectivity index (χ3v) is 6.35. The van der Waals surface area contributed by atoms with Crippen molar-refractivity contribution < 1.29 is 22.7 Å². The highest BCUT2D eigenvalue weighted by atomic mass is 79.9. The topological polar surface area (TPSA) is 76.6 Å². The van der Waals surface area contributed by atoms with Gasteiger partial charge in [0.05, 0.1) is 22.3 Å². The van der Waals surface area contributed by atoms with E-state index in [4.69, 9.17) is 22.1 Å². The fourth-order valence-electron chi connectivity index (χ4n) is 3.75. The largest absolute Gasteiger partial charge is 0.495 e. The van der Waals surface area contributed by atoms with Gasteiger partial charge in [0.15, 0.2) is 18.1 Å². The van der Waals surface area contributed by atoms with Gasteiger partial charge in [-0.25, -0.2) is 4.68 Å². The summed E-state index contributed by atoms with van der Waals surface area (Å²) in [6, 6.07) is 5.57. The number of methoxy groups -OCH3 is 1. The monoisotopic (exact) mass is 523 g/mol. The van der Waals surface area contributed by atoms with Crippen molar-refractivity contribution in [1.82, 2.24) is 14.7 Å². The molecule has 3 rings (SSSR count). The number of carbonyl (C=O) groups is 1. The zero-order chi connectivity index (χ0) is 22.9. The van der Waals surface area contributed by atoms with Crippen LogP contribution in [-0.4, -0.2) is 53.8 Å². The molecule has 0 bridgehead atoms. The van der Waals surface area contributed by atoms with Gasteiger partial charge < -0.3 is 15.4 Å². The summed E-state index contributed by atoms with van der Waals surface area (Å²) in [4.78, 5) is 15.9. The van der Waals surface area contributed by atoms with E-state index >= 15 is 0 Å². The van der Waals surface area contributed by atoms with Crippen LogP contribution in [0.5, 0.6) is 5.75 Å². The smallest absolute Gasteiger partial charge is 0.436 e. The highest BCUT2D eigenvalue weighted by molar-refractivity contribution is 9.10. The molecule has 0 amide bonds. The number of carbonyl (C=O) groups excluding carboxylic acids is 1. The fraction of sp³-hybridized carbons (Fsp3) is 0.474. The van der Waals surface area contributed by atoms with Gasteiger partial charge in [-0.1, -0.05) is 11.6 Å². The lowest BCUT2D eigenvalue weighted by Gasteiger charge is -2.43. The van der Waals surface area contributed by atoms with E-state index in [9.17, 15) is 18.0 Å². The van der Waals surface area contributed by atoms with Gasteiger partial charge in [0.1, 0.15) is 5.75 Å². The van der Waals surface area contributed by atoms with Crippen LogP contribution < -0.4 is 15.4 Å². The molecule has 1 saturated heterocycles. The number of halogens is 5. The van der Waals surface area contributed by atoms with Crippen molar-refractivity contribution in [3.63, 3.8) is 0 Å². The number of hydrogen-bond acceptors (Lipinski definition) is 6. The van der Waals surface area contributed by atoms with E-state index < -0.39 is 23.1 Å². The summed E-state index contributed by atoms with van der Waals surface area (Å²) in [7, 11) is 1.58. The van der Waals surface area contributed by atoms with Gasteiger partial charge in [-0.05, 0) is 35.0 Å². The minimum absolute atomic E-state index is 0.0293. The zero-order valence-electron chi connectivity index (χ0n) is 16.9. The summed E-state index contributed by atoms with van der Waals surface area (Å²) >= 11 is 9.32. The summed E-state index contributed by atoms with van der Waals surface area (Å²) in [6.45, 7) is 3.15. The Morgan fingerprint density at radius 1 is 1.42 bits per heavy atom. The second-order valence-electron chi connectivity index (χ2n) is 7.16. The maximum atomic E-state index is 13.3. The first kappa shape index (κ1) is 23.8. The van der Waals surface area contributed by atoms with Crippen LogP contribution in [0, 0.1) is 0 Å². The van der Waals surface area contributed by atoms with Crippen LogP contribution in [0.4, 0.5) is 18.9 Å². The minimum Gasteiger partial charge on any atom is -0.495 e. The van der Waals surface area contributed by atoms with E-state index in [1.54, 1.807) is 12.0 Å². The highest BCUT2D eigenvalue weighted by Crippen LogP contribution is 2.37. The lowest BCUT2D eigenvalue weighted by Crippen LogP contribution is -2.54. The Hall–Kier alpha value is -1.82. The average Bonchev–Trinajstić information content (AvgIpc) is 3.06. The number of benzene rings is 1. The Morgan fingerprint density at radius 2 is 2.13 bits per heavy atom. The standard InChI is InChI=1S/C19H22BrClF3N5O2/c1-11-9-27(12-3-4-13(20)15(7-12)31-2)5-6-28(11)16(10-30)29-14(8-25)17(21)18(26-29)19(22,23)24/h3-4,7,10-11,16H,5-6,8-9,25H2,1-2H3/t11-,16?/m0/s1. The normalized spacial score (nSPS) is 18.8. The number of piperazine rings is 1. The molecule has 170 valence electrons. The van der Waals surface area contributed by atoms with E-state index in [2.05, 4.69) is 25.9 Å². The zero-order valence-corrected chi connectivity index (χ0v) is 19.2. The number of nitrogens with zero attached hydrogens (tertiary/aromatic N) is 4. The Morgan fingerprint density at radius 3 is 2.68 bits per heavy atom. The minimum atomic E-state index is -4.75. The van der Waals surface area contributed by atoms with Crippen LogP contribution in [0.15, 0.2) is 22.7 Å². The van der Waals surface area contributed by atoms with Crippen molar-refractivity contribution in [3.05, 3.63) is 39.1 Å². The number of anilines is 1.